The molecule has 2 aromatic carbocycles. The topological polar surface area (TPSA) is 81.3 Å². The van der Waals surface area contributed by atoms with Gasteiger partial charge >= 0.3 is 5.97 Å². The van der Waals surface area contributed by atoms with Gasteiger partial charge in [-0.15, -0.1) is 0 Å². The van der Waals surface area contributed by atoms with Gasteiger partial charge in [0.2, 0.25) is 0 Å². The number of carbonyl (C=O) groups is 1. The van der Waals surface area contributed by atoms with Crippen molar-refractivity contribution >= 4 is 16.9 Å². The van der Waals surface area contributed by atoms with E-state index in [4.69, 9.17) is 9.47 Å². The van der Waals surface area contributed by atoms with Crippen molar-refractivity contribution in [3.63, 3.8) is 0 Å². The summed E-state index contributed by atoms with van der Waals surface area (Å²) in [5.41, 5.74) is 0.217. The van der Waals surface area contributed by atoms with Crippen LogP contribution in [-0.2, 0) is 9.53 Å². The fourth-order valence-electron chi connectivity index (χ4n) is 2.39. The minimum Gasteiger partial charge on any atom is -0.479 e. The maximum absolute atomic E-state index is 12.9. The highest BCUT2D eigenvalue weighted by atomic mass is 19.1. The zero-order valence-corrected chi connectivity index (χ0v) is 14.2. The average Bonchev–Trinajstić information content (AvgIpc) is 2.63. The monoisotopic (exact) mass is 356 g/mol. The number of aromatic nitrogens is 2. The van der Waals surface area contributed by atoms with E-state index in [1.165, 1.54) is 31.2 Å². The quantitative estimate of drug-likeness (QED) is 0.710. The highest BCUT2D eigenvalue weighted by molar-refractivity contribution is 5.77. The lowest BCUT2D eigenvalue weighted by atomic mass is 10.2. The smallest absolute Gasteiger partial charge is 0.347 e. The number of aromatic amines is 1. The molecule has 1 aromatic heterocycles. The normalized spacial score (nSPS) is 13.2. The average molecular weight is 356 g/mol. The third-order valence-electron chi connectivity index (χ3n) is 3.77. The van der Waals surface area contributed by atoms with Crippen LogP contribution in [0.2, 0.25) is 0 Å². The molecule has 0 aliphatic carbocycles. The van der Waals surface area contributed by atoms with E-state index in [1.54, 1.807) is 31.2 Å². The third kappa shape index (κ3) is 3.88. The van der Waals surface area contributed by atoms with E-state index in [-0.39, 0.29) is 11.4 Å². The maximum atomic E-state index is 12.9. The van der Waals surface area contributed by atoms with Gasteiger partial charge in [0, 0.05) is 0 Å². The van der Waals surface area contributed by atoms with Gasteiger partial charge in [0.05, 0.1) is 10.9 Å². The molecule has 0 fully saturated rings. The molecule has 0 aliphatic rings. The molecular formula is C19H17FN2O4. The van der Waals surface area contributed by atoms with Crippen molar-refractivity contribution in [2.24, 2.45) is 0 Å². The van der Waals surface area contributed by atoms with Gasteiger partial charge < -0.3 is 14.5 Å². The third-order valence-corrected chi connectivity index (χ3v) is 3.77. The predicted molar refractivity (Wildman–Crippen MR) is 93.4 cm³/mol. The molecule has 0 aliphatic heterocycles. The molecule has 2 atom stereocenters. The van der Waals surface area contributed by atoms with E-state index in [1.807, 2.05) is 0 Å². The molecule has 0 amide bonds. The summed E-state index contributed by atoms with van der Waals surface area (Å²) in [6.07, 6.45) is -1.67. The summed E-state index contributed by atoms with van der Waals surface area (Å²) in [5.74, 6) is -0.429. The zero-order chi connectivity index (χ0) is 18.7. The number of hydrogen-bond donors (Lipinski definition) is 1. The number of nitrogens with zero attached hydrogens (tertiary/aromatic N) is 1. The van der Waals surface area contributed by atoms with Gasteiger partial charge in [-0.25, -0.2) is 14.2 Å². The molecule has 0 spiro atoms. The molecular weight excluding hydrogens is 339 g/mol. The van der Waals surface area contributed by atoms with Gasteiger partial charge in [0.25, 0.3) is 5.56 Å². The highest BCUT2D eigenvalue weighted by Crippen LogP contribution is 2.17. The molecule has 26 heavy (non-hydrogen) atoms. The first-order chi connectivity index (χ1) is 12.4. The molecule has 6 nitrogen and oxygen atoms in total. The van der Waals surface area contributed by atoms with Crippen LogP contribution in [0.3, 0.4) is 0 Å². The molecule has 1 N–H and O–H groups in total. The fraction of sp³-hybridized carbons (Fsp3) is 0.211. The molecule has 0 unspecified atom stereocenters. The number of ether oxygens (including phenoxy) is 2. The van der Waals surface area contributed by atoms with Gasteiger partial charge in [0.1, 0.15) is 11.6 Å². The van der Waals surface area contributed by atoms with Crippen molar-refractivity contribution in [3.8, 4) is 5.75 Å². The number of H-pyrrole nitrogens is 1. The Morgan fingerprint density at radius 3 is 2.54 bits per heavy atom. The first kappa shape index (κ1) is 17.6. The number of hydrogen-bond acceptors (Lipinski definition) is 5. The number of rotatable bonds is 5. The Bertz CT molecular complexity index is 985. The van der Waals surface area contributed by atoms with E-state index in [2.05, 4.69) is 9.97 Å². The Balaban J connectivity index is 1.70. The summed E-state index contributed by atoms with van der Waals surface area (Å²) >= 11 is 0. The van der Waals surface area contributed by atoms with E-state index in [0.717, 1.165) is 0 Å². The molecule has 134 valence electrons. The van der Waals surface area contributed by atoms with E-state index in [0.29, 0.717) is 16.7 Å². The molecule has 7 heteroatoms. The van der Waals surface area contributed by atoms with E-state index >= 15 is 0 Å². The highest BCUT2D eigenvalue weighted by Gasteiger charge is 2.21. The number of para-hydroxylation sites is 1. The molecule has 0 radical (unpaired) electrons. The van der Waals surface area contributed by atoms with Gasteiger partial charge in [-0.05, 0) is 50.2 Å². The van der Waals surface area contributed by atoms with Gasteiger partial charge in [0.15, 0.2) is 18.0 Å². The molecule has 3 rings (SSSR count). The lowest BCUT2D eigenvalue weighted by molar-refractivity contribution is -0.156. The van der Waals surface area contributed by atoms with Crippen LogP contribution in [0.15, 0.2) is 53.3 Å². The van der Waals surface area contributed by atoms with Crippen molar-refractivity contribution in [2.45, 2.75) is 26.1 Å². The maximum Gasteiger partial charge on any atom is 0.347 e. The van der Waals surface area contributed by atoms with Crippen molar-refractivity contribution < 1.29 is 18.7 Å². The van der Waals surface area contributed by atoms with Gasteiger partial charge in [-0.1, -0.05) is 12.1 Å². The lowest BCUT2D eigenvalue weighted by Crippen LogP contribution is -2.28. The van der Waals surface area contributed by atoms with Crippen LogP contribution in [0.4, 0.5) is 4.39 Å². The van der Waals surface area contributed by atoms with Crippen molar-refractivity contribution in [2.75, 3.05) is 0 Å². The minimum absolute atomic E-state index is 0.246. The molecule has 3 aromatic rings. The fourth-order valence-corrected chi connectivity index (χ4v) is 2.39. The summed E-state index contributed by atoms with van der Waals surface area (Å²) in [7, 11) is 0. The SMILES string of the molecule is C[C@H](Oc1ccc(F)cc1)C(=O)O[C@@H](C)c1nc2ccccc2c(=O)[nH]1. The largest absolute Gasteiger partial charge is 0.479 e. The molecule has 1 heterocycles. The zero-order valence-electron chi connectivity index (χ0n) is 14.2. The second-order valence-electron chi connectivity index (χ2n) is 5.76. The predicted octanol–water partition coefficient (Wildman–Crippen LogP) is 3.13. The van der Waals surface area contributed by atoms with Crippen molar-refractivity contribution in [1.82, 2.24) is 9.97 Å². The Labute approximate surface area is 148 Å². The summed E-state index contributed by atoms with van der Waals surface area (Å²) in [5, 5.41) is 0.461. The van der Waals surface area contributed by atoms with Crippen molar-refractivity contribution in [3.05, 3.63) is 70.5 Å². The van der Waals surface area contributed by atoms with Crippen LogP contribution >= 0.6 is 0 Å². The number of nitrogens with one attached hydrogen (secondary N) is 1. The van der Waals surface area contributed by atoms with Crippen LogP contribution in [0, 0.1) is 5.82 Å². The van der Waals surface area contributed by atoms with Crippen LogP contribution < -0.4 is 10.3 Å². The number of carbonyl (C=O) groups excluding carboxylic acids is 1. The summed E-state index contributed by atoms with van der Waals surface area (Å²) < 4.78 is 23.7. The number of esters is 1. The van der Waals surface area contributed by atoms with E-state index < -0.39 is 24.0 Å². The number of halogens is 1. The Kier molecular flexibility index (Phi) is 4.97. The summed E-state index contributed by atoms with van der Waals surface area (Å²) in [6.45, 7) is 3.13. The molecule has 0 saturated heterocycles. The van der Waals surface area contributed by atoms with Crippen LogP contribution in [0.25, 0.3) is 10.9 Å². The van der Waals surface area contributed by atoms with Crippen molar-refractivity contribution in [1.29, 1.82) is 0 Å². The lowest BCUT2D eigenvalue weighted by Gasteiger charge is -2.17. The van der Waals surface area contributed by atoms with Gasteiger partial charge in [-0.2, -0.15) is 0 Å². The van der Waals surface area contributed by atoms with Crippen LogP contribution in [0.5, 0.6) is 5.75 Å². The molecule has 0 bridgehead atoms. The van der Waals surface area contributed by atoms with Crippen LogP contribution in [-0.4, -0.2) is 22.0 Å². The minimum atomic E-state index is -0.907. The Morgan fingerprint density at radius 1 is 1.12 bits per heavy atom. The first-order valence-electron chi connectivity index (χ1n) is 8.05. The number of fused-ring (bicyclic) bond motifs is 1. The first-order valence-corrected chi connectivity index (χ1v) is 8.05. The second-order valence-corrected chi connectivity index (χ2v) is 5.76. The van der Waals surface area contributed by atoms with Gasteiger partial charge in [-0.3, -0.25) is 4.79 Å². The summed E-state index contributed by atoms with van der Waals surface area (Å²) in [4.78, 5) is 31.3. The Morgan fingerprint density at radius 2 is 1.81 bits per heavy atom. The van der Waals surface area contributed by atoms with E-state index in [9.17, 15) is 14.0 Å². The van der Waals surface area contributed by atoms with Crippen LogP contribution in [0.1, 0.15) is 25.8 Å². The Hall–Kier alpha value is -3.22. The molecule has 0 saturated carbocycles. The summed E-state index contributed by atoms with van der Waals surface area (Å²) in [6, 6.07) is 12.2. The standard InChI is InChI=1S/C19H17FN2O4/c1-11(17-21-16-6-4-3-5-15(16)18(23)22-17)26-19(24)12(2)25-14-9-7-13(20)8-10-14/h3-12H,1-2H3,(H,21,22,23)/t11-,12-/m0/s1. The second kappa shape index (κ2) is 7.35. The number of benzene rings is 2.